The van der Waals surface area contributed by atoms with E-state index in [9.17, 15) is 9.59 Å². The molecule has 1 aliphatic carbocycles. The second-order valence-electron chi connectivity index (χ2n) is 8.92. The lowest BCUT2D eigenvalue weighted by atomic mass is 10.0. The number of pyridine rings is 1. The Balaban J connectivity index is 1.37. The highest BCUT2D eigenvalue weighted by molar-refractivity contribution is 6.07. The zero-order valence-corrected chi connectivity index (χ0v) is 19.5. The van der Waals surface area contributed by atoms with Crippen molar-refractivity contribution in [2.45, 2.75) is 38.6 Å². The highest BCUT2D eigenvalue weighted by Crippen LogP contribution is 2.40. The van der Waals surface area contributed by atoms with Crippen molar-refractivity contribution >= 4 is 28.5 Å². The lowest BCUT2D eigenvalue weighted by molar-refractivity contribution is 0.0940. The van der Waals surface area contributed by atoms with Crippen molar-refractivity contribution in [2.24, 2.45) is 7.05 Å². The molecule has 4 aromatic rings. The third kappa shape index (κ3) is 4.29. The highest BCUT2D eigenvalue weighted by atomic mass is 16.2. The van der Waals surface area contributed by atoms with Crippen LogP contribution in [0.1, 0.15) is 69.4 Å². The molecule has 2 heterocycles. The van der Waals surface area contributed by atoms with Crippen molar-refractivity contribution in [1.29, 1.82) is 0 Å². The molecule has 7 nitrogen and oxygen atoms in total. The van der Waals surface area contributed by atoms with E-state index in [1.165, 1.54) is 0 Å². The number of aromatic nitrogens is 3. The van der Waals surface area contributed by atoms with Gasteiger partial charge < -0.3 is 10.6 Å². The normalized spacial score (nSPS) is 14.1. The van der Waals surface area contributed by atoms with Crippen LogP contribution in [0.25, 0.3) is 11.0 Å². The minimum atomic E-state index is -0.259. The van der Waals surface area contributed by atoms with Gasteiger partial charge in [-0.05, 0) is 62.6 Å². The standard InChI is InChI=1S/C27H27N5O2/c1-16(20-10-7-11-21(14-20)29-26(33)19-8-5-4-6-9-19)28-27(34)22-15-23(18-12-13-18)30-25-24(22)17(2)31-32(25)3/h4-11,14-16,18H,12-13H2,1-3H3,(H,28,34)(H,29,33). The van der Waals surface area contributed by atoms with Crippen molar-refractivity contribution in [3.05, 3.63) is 88.7 Å². The van der Waals surface area contributed by atoms with Gasteiger partial charge >= 0.3 is 0 Å². The molecular formula is C27H27N5O2. The average molecular weight is 454 g/mol. The summed E-state index contributed by atoms with van der Waals surface area (Å²) in [6, 6.07) is 18.3. The van der Waals surface area contributed by atoms with Crippen LogP contribution in [0.2, 0.25) is 0 Å². The lowest BCUT2D eigenvalue weighted by Crippen LogP contribution is -2.27. The van der Waals surface area contributed by atoms with Gasteiger partial charge in [0.25, 0.3) is 11.8 Å². The number of aryl methyl sites for hydroxylation is 2. The second kappa shape index (κ2) is 8.74. The quantitative estimate of drug-likeness (QED) is 0.435. The Morgan fingerprint density at radius 1 is 1.03 bits per heavy atom. The maximum atomic E-state index is 13.4. The van der Waals surface area contributed by atoms with Crippen LogP contribution in [-0.4, -0.2) is 26.6 Å². The molecular weight excluding hydrogens is 426 g/mol. The minimum absolute atomic E-state index is 0.156. The molecule has 2 N–H and O–H groups in total. The van der Waals surface area contributed by atoms with Crippen molar-refractivity contribution in [1.82, 2.24) is 20.1 Å². The zero-order valence-electron chi connectivity index (χ0n) is 19.5. The molecule has 0 saturated heterocycles. The molecule has 2 amide bonds. The lowest BCUT2D eigenvalue weighted by Gasteiger charge is -2.17. The summed E-state index contributed by atoms with van der Waals surface area (Å²) in [5.41, 5.74) is 5.26. The fourth-order valence-corrected chi connectivity index (χ4v) is 4.27. The topological polar surface area (TPSA) is 88.9 Å². The van der Waals surface area contributed by atoms with Crippen LogP contribution in [0.4, 0.5) is 5.69 Å². The molecule has 172 valence electrons. The molecule has 7 heteroatoms. The summed E-state index contributed by atoms with van der Waals surface area (Å²) in [4.78, 5) is 30.7. The zero-order chi connectivity index (χ0) is 23.8. The Morgan fingerprint density at radius 3 is 2.53 bits per heavy atom. The largest absolute Gasteiger partial charge is 0.345 e. The summed E-state index contributed by atoms with van der Waals surface area (Å²) in [5, 5.41) is 11.3. The first-order valence-electron chi connectivity index (χ1n) is 11.5. The predicted molar refractivity (Wildman–Crippen MR) is 132 cm³/mol. The van der Waals surface area contributed by atoms with Crippen molar-refractivity contribution in [3.8, 4) is 0 Å². The van der Waals surface area contributed by atoms with E-state index in [0.29, 0.717) is 22.7 Å². The summed E-state index contributed by atoms with van der Waals surface area (Å²) < 4.78 is 1.75. The number of hydrogen-bond acceptors (Lipinski definition) is 4. The van der Waals surface area contributed by atoms with Crippen molar-refractivity contribution in [2.75, 3.05) is 5.32 Å². The third-order valence-electron chi connectivity index (χ3n) is 6.26. The van der Waals surface area contributed by atoms with E-state index in [4.69, 9.17) is 4.98 Å². The Morgan fingerprint density at radius 2 is 1.79 bits per heavy atom. The Bertz CT molecular complexity index is 1390. The first-order chi connectivity index (χ1) is 16.4. The molecule has 1 atom stereocenters. The van der Waals surface area contributed by atoms with Gasteiger partial charge in [-0.25, -0.2) is 4.98 Å². The Labute approximate surface area is 198 Å². The van der Waals surface area contributed by atoms with Crippen LogP contribution < -0.4 is 10.6 Å². The van der Waals surface area contributed by atoms with E-state index in [1.807, 2.05) is 69.4 Å². The van der Waals surface area contributed by atoms with E-state index in [-0.39, 0.29) is 17.9 Å². The number of amides is 2. The van der Waals surface area contributed by atoms with Gasteiger partial charge in [-0.15, -0.1) is 0 Å². The maximum absolute atomic E-state index is 13.4. The second-order valence-corrected chi connectivity index (χ2v) is 8.92. The van der Waals surface area contributed by atoms with Crippen molar-refractivity contribution < 1.29 is 9.59 Å². The molecule has 1 saturated carbocycles. The van der Waals surface area contributed by atoms with Crippen LogP contribution in [-0.2, 0) is 7.05 Å². The molecule has 2 aromatic carbocycles. The molecule has 1 fully saturated rings. The van der Waals surface area contributed by atoms with E-state index < -0.39 is 0 Å². The molecule has 0 bridgehead atoms. The van der Waals surface area contributed by atoms with Gasteiger partial charge in [0.2, 0.25) is 0 Å². The van der Waals surface area contributed by atoms with E-state index >= 15 is 0 Å². The number of benzene rings is 2. The fraction of sp³-hybridized carbons (Fsp3) is 0.259. The number of carbonyl (C=O) groups excluding carboxylic acids is 2. The summed E-state index contributed by atoms with van der Waals surface area (Å²) in [7, 11) is 1.86. The molecule has 2 aromatic heterocycles. The van der Waals surface area contributed by atoms with Gasteiger partial charge in [0, 0.05) is 29.9 Å². The predicted octanol–water partition coefficient (Wildman–Crippen LogP) is 4.90. The third-order valence-corrected chi connectivity index (χ3v) is 6.26. The highest BCUT2D eigenvalue weighted by Gasteiger charge is 2.28. The number of rotatable bonds is 6. The van der Waals surface area contributed by atoms with E-state index in [2.05, 4.69) is 15.7 Å². The summed E-state index contributed by atoms with van der Waals surface area (Å²) in [6.07, 6.45) is 2.21. The summed E-state index contributed by atoms with van der Waals surface area (Å²) in [6.45, 7) is 3.84. The van der Waals surface area contributed by atoms with Crippen LogP contribution in [0.15, 0.2) is 60.7 Å². The molecule has 1 unspecified atom stereocenters. The van der Waals surface area contributed by atoms with Crippen LogP contribution >= 0.6 is 0 Å². The fourth-order valence-electron chi connectivity index (χ4n) is 4.27. The first-order valence-corrected chi connectivity index (χ1v) is 11.5. The molecule has 34 heavy (non-hydrogen) atoms. The number of anilines is 1. The Hall–Kier alpha value is -4.00. The summed E-state index contributed by atoms with van der Waals surface area (Å²) in [5.74, 6) is 0.0957. The monoisotopic (exact) mass is 453 g/mol. The molecule has 5 rings (SSSR count). The van der Waals surface area contributed by atoms with Gasteiger partial charge in [0.1, 0.15) is 0 Å². The summed E-state index contributed by atoms with van der Waals surface area (Å²) >= 11 is 0. The first kappa shape index (κ1) is 21.8. The van der Waals surface area contributed by atoms with Crippen LogP contribution in [0.3, 0.4) is 0 Å². The van der Waals surface area contributed by atoms with Gasteiger partial charge in [0.15, 0.2) is 5.65 Å². The number of nitrogens with one attached hydrogen (secondary N) is 2. The number of fused-ring (bicyclic) bond motifs is 1. The average Bonchev–Trinajstić information content (AvgIpc) is 3.65. The van der Waals surface area contributed by atoms with Gasteiger partial charge in [-0.3, -0.25) is 14.3 Å². The maximum Gasteiger partial charge on any atom is 0.255 e. The SMILES string of the molecule is Cc1nn(C)c2nc(C3CC3)cc(C(=O)NC(C)c3cccc(NC(=O)c4ccccc4)c3)c12. The van der Waals surface area contributed by atoms with E-state index in [0.717, 1.165) is 40.8 Å². The van der Waals surface area contributed by atoms with Crippen LogP contribution in [0.5, 0.6) is 0 Å². The molecule has 1 aliphatic rings. The molecule has 0 radical (unpaired) electrons. The van der Waals surface area contributed by atoms with Crippen LogP contribution in [0, 0.1) is 6.92 Å². The Kier molecular flexibility index (Phi) is 5.61. The molecule has 0 aliphatic heterocycles. The smallest absolute Gasteiger partial charge is 0.255 e. The molecule has 0 spiro atoms. The number of carbonyl (C=O) groups is 2. The van der Waals surface area contributed by atoms with Gasteiger partial charge in [-0.2, -0.15) is 5.10 Å². The van der Waals surface area contributed by atoms with E-state index in [1.54, 1.807) is 16.8 Å². The van der Waals surface area contributed by atoms with Crippen molar-refractivity contribution in [3.63, 3.8) is 0 Å². The number of hydrogen-bond donors (Lipinski definition) is 2. The van der Waals surface area contributed by atoms with Gasteiger partial charge in [0.05, 0.1) is 22.7 Å². The number of nitrogens with zero attached hydrogens (tertiary/aromatic N) is 3. The van der Waals surface area contributed by atoms with Gasteiger partial charge in [-0.1, -0.05) is 30.3 Å². The minimum Gasteiger partial charge on any atom is -0.345 e.